The van der Waals surface area contributed by atoms with Crippen LogP contribution in [-0.4, -0.2) is 125 Å². The maximum atomic E-state index is 11.8. The standard InChI is InChI=1S/C26H36N6O2.2C2HF3O2/c1-19-23-22(9-13-32(19)26(33)10-8-20-6-4-5-7-21(20)18-26)24(31-14-11-27-12-15-31)29-25(28-23)34-17-16-30(2)3;2*3-2(4,5)1(6)7/h4-8,10,19,27,33H,9,11-18H2,1-3H3;2*(H,6,7). The van der Waals surface area contributed by atoms with Gasteiger partial charge in [-0.15, -0.1) is 0 Å². The van der Waals surface area contributed by atoms with Crippen LogP contribution in [0.2, 0.25) is 0 Å². The Morgan fingerprint density at radius 2 is 1.60 bits per heavy atom. The Balaban J connectivity index is 0.000000376. The van der Waals surface area contributed by atoms with Gasteiger partial charge in [-0.25, -0.2) is 9.59 Å². The summed E-state index contributed by atoms with van der Waals surface area (Å²) in [6.07, 6.45) is -4.80. The van der Waals surface area contributed by atoms with Crippen molar-refractivity contribution in [3.05, 3.63) is 52.7 Å². The molecule has 2 atom stereocenters. The van der Waals surface area contributed by atoms with Crippen LogP contribution in [0.3, 0.4) is 0 Å². The van der Waals surface area contributed by atoms with Crippen molar-refractivity contribution in [2.24, 2.45) is 0 Å². The van der Waals surface area contributed by atoms with Crippen LogP contribution in [0.1, 0.15) is 35.3 Å². The molecule has 48 heavy (non-hydrogen) atoms. The average molecular weight is 693 g/mol. The van der Waals surface area contributed by atoms with Gasteiger partial charge in [0, 0.05) is 51.3 Å². The number of carbonyl (C=O) groups is 2. The summed E-state index contributed by atoms with van der Waals surface area (Å²) in [5.74, 6) is -4.52. The number of carboxylic acid groups (broad SMARTS) is 2. The number of nitrogens with one attached hydrogen (secondary N) is 1. The number of rotatable bonds is 6. The van der Waals surface area contributed by atoms with Gasteiger partial charge in [0.25, 0.3) is 0 Å². The molecule has 2 aromatic rings. The van der Waals surface area contributed by atoms with Crippen LogP contribution < -0.4 is 15.0 Å². The van der Waals surface area contributed by atoms with Crippen molar-refractivity contribution >= 4 is 23.8 Å². The number of anilines is 1. The molecule has 1 fully saturated rings. The Kier molecular flexibility index (Phi) is 12.8. The van der Waals surface area contributed by atoms with Crippen LogP contribution in [0.5, 0.6) is 6.01 Å². The van der Waals surface area contributed by atoms with Gasteiger partial charge in [0.1, 0.15) is 18.1 Å². The van der Waals surface area contributed by atoms with Crippen molar-refractivity contribution in [1.29, 1.82) is 0 Å². The zero-order chi connectivity index (χ0) is 35.9. The number of hydrogen-bond acceptors (Lipinski definition) is 10. The monoisotopic (exact) mass is 692 g/mol. The molecule has 2 unspecified atom stereocenters. The fraction of sp³-hybridized carbons (Fsp3) is 0.533. The summed E-state index contributed by atoms with van der Waals surface area (Å²) in [7, 11) is 4.06. The molecule has 1 saturated heterocycles. The number of alkyl halides is 6. The van der Waals surface area contributed by atoms with Crippen molar-refractivity contribution in [3.8, 4) is 6.01 Å². The Hall–Kier alpha value is -4.00. The zero-order valence-electron chi connectivity index (χ0n) is 26.5. The first kappa shape index (κ1) is 38.4. The number of aliphatic hydroxyl groups is 1. The molecular weight excluding hydrogens is 654 g/mol. The molecule has 0 radical (unpaired) electrons. The molecule has 1 aliphatic carbocycles. The van der Waals surface area contributed by atoms with E-state index in [2.05, 4.69) is 39.1 Å². The molecule has 0 saturated carbocycles. The lowest BCUT2D eigenvalue weighted by molar-refractivity contribution is -0.193. The number of ether oxygens (including phenoxy) is 1. The smallest absolute Gasteiger partial charge is 0.475 e. The first-order valence-electron chi connectivity index (χ1n) is 14.8. The van der Waals surface area contributed by atoms with E-state index >= 15 is 0 Å². The van der Waals surface area contributed by atoms with Gasteiger partial charge in [0.05, 0.1) is 11.7 Å². The SMILES string of the molecule is CC1c2nc(OCCN(C)C)nc(N3CCNCC3)c2CCN1C1(O)C=Cc2ccccc2C1.O=C(O)C(F)(F)F.O=C(O)C(F)(F)F. The summed E-state index contributed by atoms with van der Waals surface area (Å²) in [5, 5.41) is 29.4. The molecule has 3 heterocycles. The third-order valence-electron chi connectivity index (χ3n) is 7.67. The molecule has 5 rings (SSSR count). The van der Waals surface area contributed by atoms with Gasteiger partial charge in [0.2, 0.25) is 0 Å². The summed E-state index contributed by atoms with van der Waals surface area (Å²) in [4.78, 5) is 34.2. The normalized spacial score (nSPS) is 20.8. The first-order valence-corrected chi connectivity index (χ1v) is 14.8. The van der Waals surface area contributed by atoms with Crippen LogP contribution in [0, 0.1) is 0 Å². The fourth-order valence-electron chi connectivity index (χ4n) is 5.30. The molecule has 1 aromatic carbocycles. The Labute approximate surface area is 272 Å². The van der Waals surface area contributed by atoms with Crippen molar-refractivity contribution in [2.75, 3.05) is 64.9 Å². The molecule has 266 valence electrons. The van der Waals surface area contributed by atoms with E-state index in [1.807, 2.05) is 38.4 Å². The highest BCUT2D eigenvalue weighted by atomic mass is 19.4. The predicted octanol–water partition coefficient (Wildman–Crippen LogP) is 2.97. The van der Waals surface area contributed by atoms with Crippen LogP contribution in [-0.2, 0) is 22.4 Å². The highest BCUT2D eigenvalue weighted by molar-refractivity contribution is 5.73. The predicted molar refractivity (Wildman–Crippen MR) is 162 cm³/mol. The van der Waals surface area contributed by atoms with Crippen molar-refractivity contribution in [1.82, 2.24) is 25.1 Å². The van der Waals surface area contributed by atoms with E-state index in [-0.39, 0.29) is 6.04 Å². The van der Waals surface area contributed by atoms with Crippen LogP contribution in [0.25, 0.3) is 6.08 Å². The second-order valence-corrected chi connectivity index (χ2v) is 11.4. The number of fused-ring (bicyclic) bond motifs is 2. The number of hydrogen-bond donors (Lipinski definition) is 4. The second kappa shape index (κ2) is 15.9. The Bertz CT molecular complexity index is 1430. The highest BCUT2D eigenvalue weighted by Gasteiger charge is 2.42. The average Bonchev–Trinajstić information content (AvgIpc) is 3.01. The van der Waals surface area contributed by atoms with E-state index in [9.17, 15) is 31.4 Å². The second-order valence-electron chi connectivity index (χ2n) is 11.4. The molecule has 1 aromatic heterocycles. The topological polar surface area (TPSA) is 152 Å². The number of aromatic nitrogens is 2. The van der Waals surface area contributed by atoms with Crippen molar-refractivity contribution < 1.29 is 56.0 Å². The van der Waals surface area contributed by atoms with E-state index < -0.39 is 30.0 Å². The molecule has 12 nitrogen and oxygen atoms in total. The largest absolute Gasteiger partial charge is 0.490 e. The van der Waals surface area contributed by atoms with Crippen molar-refractivity contribution in [2.45, 2.75) is 43.9 Å². The van der Waals surface area contributed by atoms with E-state index in [4.69, 9.17) is 34.5 Å². The minimum atomic E-state index is -5.08. The lowest BCUT2D eigenvalue weighted by Gasteiger charge is -2.46. The van der Waals surface area contributed by atoms with E-state index in [0.717, 1.165) is 57.2 Å². The number of aliphatic carboxylic acids is 2. The third-order valence-corrected chi connectivity index (χ3v) is 7.67. The summed E-state index contributed by atoms with van der Waals surface area (Å²) >= 11 is 0. The minimum Gasteiger partial charge on any atom is -0.475 e. The molecule has 0 bridgehead atoms. The Morgan fingerprint density at radius 1 is 1.02 bits per heavy atom. The molecule has 0 amide bonds. The summed E-state index contributed by atoms with van der Waals surface area (Å²) in [6.45, 7) is 7.96. The van der Waals surface area contributed by atoms with E-state index in [1.54, 1.807) is 0 Å². The van der Waals surface area contributed by atoms with Crippen LogP contribution in [0.4, 0.5) is 32.2 Å². The number of nitrogens with zero attached hydrogens (tertiary/aromatic N) is 5. The van der Waals surface area contributed by atoms with E-state index in [0.29, 0.717) is 19.0 Å². The molecule has 18 heteroatoms. The van der Waals surface area contributed by atoms with Crippen LogP contribution in [0.15, 0.2) is 30.3 Å². The minimum absolute atomic E-state index is 0.0653. The number of piperazine rings is 1. The maximum absolute atomic E-state index is 11.8. The quantitative estimate of drug-likeness (QED) is 0.330. The van der Waals surface area contributed by atoms with Crippen LogP contribution >= 0.6 is 0 Å². The van der Waals surface area contributed by atoms with Gasteiger partial charge in [0.15, 0.2) is 0 Å². The van der Waals surface area contributed by atoms with Gasteiger partial charge in [-0.3, -0.25) is 4.90 Å². The van der Waals surface area contributed by atoms with Gasteiger partial charge in [-0.2, -0.15) is 36.3 Å². The molecule has 3 aliphatic rings. The lowest BCUT2D eigenvalue weighted by atomic mass is 9.87. The Morgan fingerprint density at radius 3 is 2.17 bits per heavy atom. The maximum Gasteiger partial charge on any atom is 0.490 e. The lowest BCUT2D eigenvalue weighted by Crippen LogP contribution is -2.54. The van der Waals surface area contributed by atoms with E-state index in [1.165, 1.54) is 16.7 Å². The summed E-state index contributed by atoms with van der Waals surface area (Å²) in [5.41, 5.74) is 3.46. The first-order chi connectivity index (χ1) is 22.3. The fourth-order valence-corrected chi connectivity index (χ4v) is 5.30. The third kappa shape index (κ3) is 10.2. The highest BCUT2D eigenvalue weighted by Crippen LogP contribution is 2.40. The number of benzene rings is 1. The van der Waals surface area contributed by atoms with Gasteiger partial charge < -0.3 is 35.2 Å². The zero-order valence-corrected chi connectivity index (χ0v) is 26.5. The van der Waals surface area contributed by atoms with Gasteiger partial charge in [-0.05, 0) is 44.6 Å². The van der Waals surface area contributed by atoms with Gasteiger partial charge in [-0.1, -0.05) is 30.3 Å². The molecule has 2 aliphatic heterocycles. The number of carboxylic acids is 2. The summed E-state index contributed by atoms with van der Waals surface area (Å²) < 4.78 is 69.5. The number of halogens is 6. The summed E-state index contributed by atoms with van der Waals surface area (Å²) in [6, 6.07) is 8.65. The number of likely N-dealkylation sites (N-methyl/N-ethyl adjacent to an activating group) is 1. The van der Waals surface area contributed by atoms with Gasteiger partial charge >= 0.3 is 30.3 Å². The molecule has 4 N–H and O–H groups in total. The van der Waals surface area contributed by atoms with Crippen molar-refractivity contribution in [3.63, 3.8) is 0 Å². The molecular formula is C30H38F6N6O6. The molecule has 0 spiro atoms.